The van der Waals surface area contributed by atoms with Crippen LogP contribution in [0.3, 0.4) is 0 Å². The summed E-state index contributed by atoms with van der Waals surface area (Å²) in [4.78, 5) is 0. The zero-order valence-corrected chi connectivity index (χ0v) is 11.5. The molecule has 0 spiro atoms. The molecule has 0 saturated carbocycles. The second-order valence-electron chi connectivity index (χ2n) is 5.18. The Morgan fingerprint density at radius 3 is 2.56 bits per heavy atom. The molecule has 0 bridgehead atoms. The van der Waals surface area contributed by atoms with Gasteiger partial charge in [-0.2, -0.15) is 0 Å². The Balaban J connectivity index is 2.01. The van der Waals surface area contributed by atoms with Crippen LogP contribution in [-0.4, -0.2) is 26.8 Å². The van der Waals surface area contributed by atoms with Crippen molar-refractivity contribution < 1.29 is 9.47 Å². The number of ether oxygens (including phenoxy) is 2. The maximum absolute atomic E-state index is 5.34. The van der Waals surface area contributed by atoms with Crippen LogP contribution in [0.2, 0.25) is 0 Å². The second kappa shape index (κ2) is 6.10. The standard InChI is InChI=1S/C15H23NO2/c1-11-4-6-13(16-10-11)8-12-5-7-14(17-2)15(9-12)18-3/h5,7,9,11,13,16H,4,6,8,10H2,1-3H3. The summed E-state index contributed by atoms with van der Waals surface area (Å²) < 4.78 is 10.6. The first kappa shape index (κ1) is 13.2. The van der Waals surface area contributed by atoms with Crippen molar-refractivity contribution in [2.24, 2.45) is 5.92 Å². The third-order valence-corrected chi connectivity index (χ3v) is 3.69. The van der Waals surface area contributed by atoms with E-state index >= 15 is 0 Å². The van der Waals surface area contributed by atoms with E-state index in [1.807, 2.05) is 6.07 Å². The van der Waals surface area contributed by atoms with E-state index in [4.69, 9.17) is 9.47 Å². The minimum Gasteiger partial charge on any atom is -0.493 e. The summed E-state index contributed by atoms with van der Waals surface area (Å²) in [5.41, 5.74) is 1.31. The minimum atomic E-state index is 0.597. The van der Waals surface area contributed by atoms with Crippen LogP contribution in [0.4, 0.5) is 0 Å². The SMILES string of the molecule is COc1ccc(CC2CCC(C)CN2)cc1OC. The minimum absolute atomic E-state index is 0.597. The van der Waals surface area contributed by atoms with E-state index < -0.39 is 0 Å². The maximum atomic E-state index is 5.34. The molecule has 100 valence electrons. The Morgan fingerprint density at radius 2 is 1.94 bits per heavy atom. The lowest BCUT2D eigenvalue weighted by atomic mass is 9.92. The van der Waals surface area contributed by atoms with Crippen LogP contribution in [0.5, 0.6) is 11.5 Å². The number of hydrogen-bond donors (Lipinski definition) is 1. The Kier molecular flexibility index (Phi) is 4.48. The summed E-state index contributed by atoms with van der Waals surface area (Å²) in [5.74, 6) is 2.43. The number of piperidine rings is 1. The summed E-state index contributed by atoms with van der Waals surface area (Å²) in [7, 11) is 3.35. The lowest BCUT2D eigenvalue weighted by molar-refractivity contribution is 0.325. The third-order valence-electron chi connectivity index (χ3n) is 3.69. The Bertz CT molecular complexity index is 384. The molecule has 1 aliphatic rings. The second-order valence-corrected chi connectivity index (χ2v) is 5.18. The van der Waals surface area contributed by atoms with E-state index in [9.17, 15) is 0 Å². The molecule has 1 aromatic carbocycles. The summed E-state index contributed by atoms with van der Waals surface area (Å²) in [6.07, 6.45) is 3.65. The molecule has 1 saturated heterocycles. The highest BCUT2D eigenvalue weighted by atomic mass is 16.5. The van der Waals surface area contributed by atoms with Crippen molar-refractivity contribution >= 4 is 0 Å². The number of methoxy groups -OCH3 is 2. The Hall–Kier alpha value is -1.22. The van der Waals surface area contributed by atoms with Gasteiger partial charge in [0.25, 0.3) is 0 Å². The fourth-order valence-corrected chi connectivity index (χ4v) is 2.52. The van der Waals surface area contributed by atoms with Gasteiger partial charge in [-0.15, -0.1) is 0 Å². The van der Waals surface area contributed by atoms with E-state index in [1.165, 1.54) is 18.4 Å². The number of hydrogen-bond acceptors (Lipinski definition) is 3. The number of nitrogens with one attached hydrogen (secondary N) is 1. The highest BCUT2D eigenvalue weighted by molar-refractivity contribution is 5.43. The van der Waals surface area contributed by atoms with Gasteiger partial charge in [-0.1, -0.05) is 13.0 Å². The predicted molar refractivity (Wildman–Crippen MR) is 73.4 cm³/mol. The lowest BCUT2D eigenvalue weighted by Crippen LogP contribution is -2.39. The zero-order chi connectivity index (χ0) is 13.0. The van der Waals surface area contributed by atoms with Crippen LogP contribution in [0, 0.1) is 5.92 Å². The van der Waals surface area contributed by atoms with Crippen LogP contribution in [-0.2, 0) is 6.42 Å². The molecule has 1 aliphatic heterocycles. The van der Waals surface area contributed by atoms with Gasteiger partial charge in [-0.25, -0.2) is 0 Å². The van der Waals surface area contributed by atoms with Gasteiger partial charge in [-0.3, -0.25) is 0 Å². The molecule has 1 heterocycles. The highest BCUT2D eigenvalue weighted by Gasteiger charge is 2.18. The summed E-state index contributed by atoms with van der Waals surface area (Å²) in [6.45, 7) is 3.44. The van der Waals surface area contributed by atoms with E-state index in [2.05, 4.69) is 24.4 Å². The molecule has 3 nitrogen and oxygen atoms in total. The van der Waals surface area contributed by atoms with Crippen molar-refractivity contribution in [1.29, 1.82) is 0 Å². The highest BCUT2D eigenvalue weighted by Crippen LogP contribution is 2.28. The van der Waals surface area contributed by atoms with Crippen molar-refractivity contribution in [2.75, 3.05) is 20.8 Å². The molecule has 2 unspecified atom stereocenters. The average Bonchev–Trinajstić information content (AvgIpc) is 2.41. The van der Waals surface area contributed by atoms with E-state index in [1.54, 1.807) is 14.2 Å². The first-order chi connectivity index (χ1) is 8.72. The first-order valence-electron chi connectivity index (χ1n) is 6.67. The van der Waals surface area contributed by atoms with Gasteiger partial charge in [0.1, 0.15) is 0 Å². The average molecular weight is 249 g/mol. The zero-order valence-electron chi connectivity index (χ0n) is 11.5. The van der Waals surface area contributed by atoms with Gasteiger partial charge in [0.15, 0.2) is 11.5 Å². The third kappa shape index (κ3) is 3.16. The lowest BCUT2D eigenvalue weighted by Gasteiger charge is -2.28. The molecule has 0 aliphatic carbocycles. The van der Waals surface area contributed by atoms with Crippen molar-refractivity contribution in [1.82, 2.24) is 5.32 Å². The van der Waals surface area contributed by atoms with E-state index in [0.29, 0.717) is 6.04 Å². The molecular formula is C15H23NO2. The molecular weight excluding hydrogens is 226 g/mol. The summed E-state index contributed by atoms with van der Waals surface area (Å²) in [6, 6.07) is 6.79. The fraction of sp³-hybridized carbons (Fsp3) is 0.600. The van der Waals surface area contributed by atoms with Crippen LogP contribution in [0.25, 0.3) is 0 Å². The molecule has 0 aromatic heterocycles. The smallest absolute Gasteiger partial charge is 0.160 e. The Morgan fingerprint density at radius 1 is 1.17 bits per heavy atom. The van der Waals surface area contributed by atoms with Crippen LogP contribution >= 0.6 is 0 Å². The van der Waals surface area contributed by atoms with Crippen LogP contribution in [0.1, 0.15) is 25.3 Å². The molecule has 2 rings (SSSR count). The van der Waals surface area contributed by atoms with Gasteiger partial charge >= 0.3 is 0 Å². The molecule has 0 radical (unpaired) electrons. The molecule has 1 N–H and O–H groups in total. The number of rotatable bonds is 4. The largest absolute Gasteiger partial charge is 0.493 e. The van der Waals surface area contributed by atoms with Crippen molar-refractivity contribution in [2.45, 2.75) is 32.2 Å². The van der Waals surface area contributed by atoms with Crippen molar-refractivity contribution in [3.63, 3.8) is 0 Å². The normalized spacial score (nSPS) is 23.7. The van der Waals surface area contributed by atoms with Gasteiger partial charge in [0.05, 0.1) is 14.2 Å². The van der Waals surface area contributed by atoms with E-state index in [-0.39, 0.29) is 0 Å². The fourth-order valence-electron chi connectivity index (χ4n) is 2.52. The predicted octanol–water partition coefficient (Wildman–Crippen LogP) is 2.63. The molecule has 1 aromatic rings. The first-order valence-corrected chi connectivity index (χ1v) is 6.67. The molecule has 3 heteroatoms. The van der Waals surface area contributed by atoms with Crippen molar-refractivity contribution in [3.8, 4) is 11.5 Å². The van der Waals surface area contributed by atoms with Crippen LogP contribution in [0.15, 0.2) is 18.2 Å². The van der Waals surface area contributed by atoms with E-state index in [0.717, 1.165) is 30.4 Å². The van der Waals surface area contributed by atoms with Gasteiger partial charge < -0.3 is 14.8 Å². The quantitative estimate of drug-likeness (QED) is 0.890. The maximum Gasteiger partial charge on any atom is 0.160 e. The number of benzene rings is 1. The molecule has 1 fully saturated rings. The topological polar surface area (TPSA) is 30.5 Å². The van der Waals surface area contributed by atoms with Gasteiger partial charge in [0.2, 0.25) is 0 Å². The molecule has 18 heavy (non-hydrogen) atoms. The molecule has 0 amide bonds. The molecule has 2 atom stereocenters. The monoisotopic (exact) mass is 249 g/mol. The van der Waals surface area contributed by atoms with Gasteiger partial charge in [0, 0.05) is 6.04 Å². The van der Waals surface area contributed by atoms with Crippen LogP contribution < -0.4 is 14.8 Å². The summed E-state index contributed by atoms with van der Waals surface area (Å²) >= 11 is 0. The van der Waals surface area contributed by atoms with Gasteiger partial charge in [-0.05, 0) is 49.4 Å². The summed E-state index contributed by atoms with van der Waals surface area (Å²) in [5, 5.41) is 3.61. The van der Waals surface area contributed by atoms with Crippen molar-refractivity contribution in [3.05, 3.63) is 23.8 Å². The Labute approximate surface area is 109 Å².